The highest BCUT2D eigenvalue weighted by Crippen LogP contribution is 2.14. The molecule has 3 nitrogen and oxygen atoms in total. The van der Waals surface area contributed by atoms with Crippen molar-refractivity contribution in [2.75, 3.05) is 38.4 Å². The molecule has 0 bridgehead atoms. The average Bonchev–Trinajstić information content (AvgIpc) is 2.56. The molecule has 0 rings (SSSR count). The van der Waals surface area contributed by atoms with Gasteiger partial charge in [-0.2, -0.15) is 0 Å². The molecule has 0 saturated heterocycles. The molecule has 0 spiro atoms. The molecule has 0 aromatic carbocycles. The standard InChI is InChI=1S/C19H40Cl2NO2/c1-3-4-5-6-7-8-9-10-11-12-13-22(2,16-18(23)14-20)17-19(24)15-21/h18-19,23-24H,3-17H2,1-2H3/q+1. The van der Waals surface area contributed by atoms with Crippen molar-refractivity contribution < 1.29 is 14.7 Å². The quantitative estimate of drug-likeness (QED) is 0.219. The van der Waals surface area contributed by atoms with Crippen molar-refractivity contribution in [3.63, 3.8) is 0 Å². The number of unbranched alkanes of at least 4 members (excludes halogenated alkanes) is 9. The first-order valence-corrected chi connectivity index (χ1v) is 10.9. The van der Waals surface area contributed by atoms with E-state index < -0.39 is 12.2 Å². The van der Waals surface area contributed by atoms with Gasteiger partial charge in [-0.3, -0.25) is 0 Å². The van der Waals surface area contributed by atoms with Gasteiger partial charge < -0.3 is 14.7 Å². The Morgan fingerprint density at radius 1 is 0.708 bits per heavy atom. The van der Waals surface area contributed by atoms with Gasteiger partial charge in [0, 0.05) is 0 Å². The minimum absolute atomic E-state index is 0.239. The Kier molecular flexibility index (Phi) is 16.0. The number of aliphatic hydroxyl groups excluding tert-OH is 2. The Bertz CT molecular complexity index is 268. The molecule has 2 unspecified atom stereocenters. The summed E-state index contributed by atoms with van der Waals surface area (Å²) in [5, 5.41) is 19.8. The molecule has 0 aromatic rings. The van der Waals surface area contributed by atoms with E-state index in [-0.39, 0.29) is 11.8 Å². The largest absolute Gasteiger partial charge is 0.386 e. The van der Waals surface area contributed by atoms with Gasteiger partial charge in [-0.1, -0.05) is 58.3 Å². The van der Waals surface area contributed by atoms with E-state index in [1.54, 1.807) is 0 Å². The van der Waals surface area contributed by atoms with Gasteiger partial charge in [0.1, 0.15) is 25.3 Å². The number of alkyl halides is 2. The second kappa shape index (κ2) is 15.7. The Morgan fingerprint density at radius 2 is 1.08 bits per heavy atom. The predicted molar refractivity (Wildman–Crippen MR) is 106 cm³/mol. The molecule has 0 amide bonds. The maximum Gasteiger partial charge on any atom is 0.116 e. The first-order chi connectivity index (χ1) is 11.5. The van der Waals surface area contributed by atoms with Crippen LogP contribution in [0.15, 0.2) is 0 Å². The molecule has 0 aliphatic rings. The number of hydrogen-bond acceptors (Lipinski definition) is 2. The van der Waals surface area contributed by atoms with E-state index in [1.807, 2.05) is 0 Å². The molecule has 5 heteroatoms. The summed E-state index contributed by atoms with van der Waals surface area (Å²) in [6, 6.07) is 0. The topological polar surface area (TPSA) is 40.5 Å². The van der Waals surface area contributed by atoms with E-state index in [2.05, 4.69) is 14.0 Å². The van der Waals surface area contributed by atoms with E-state index in [1.165, 1.54) is 57.8 Å². The molecule has 0 fully saturated rings. The molecule has 0 saturated carbocycles. The number of quaternary nitrogens is 1. The van der Waals surface area contributed by atoms with Crippen LogP contribution in [-0.2, 0) is 0 Å². The molecular weight excluding hydrogens is 345 g/mol. The third-order valence-electron chi connectivity index (χ3n) is 4.71. The highest BCUT2D eigenvalue weighted by molar-refractivity contribution is 6.18. The minimum Gasteiger partial charge on any atom is -0.386 e. The normalized spacial score (nSPS) is 16.8. The van der Waals surface area contributed by atoms with E-state index >= 15 is 0 Å². The third-order valence-corrected chi connectivity index (χ3v) is 5.42. The number of halogens is 2. The zero-order valence-corrected chi connectivity index (χ0v) is 17.4. The summed E-state index contributed by atoms with van der Waals surface area (Å²) in [6.45, 7) is 4.37. The number of nitrogens with zero attached hydrogens (tertiary/aromatic N) is 1. The molecule has 0 aromatic heterocycles. The fourth-order valence-corrected chi connectivity index (χ4v) is 3.55. The molecule has 2 N–H and O–H groups in total. The van der Waals surface area contributed by atoms with Gasteiger partial charge in [0.05, 0.1) is 25.4 Å². The van der Waals surface area contributed by atoms with Crippen molar-refractivity contribution in [3.8, 4) is 0 Å². The van der Waals surface area contributed by atoms with Gasteiger partial charge in [-0.25, -0.2) is 0 Å². The molecular formula is C19H40Cl2NO2+. The summed E-state index contributed by atoms with van der Waals surface area (Å²) < 4.78 is 0.638. The summed E-state index contributed by atoms with van der Waals surface area (Å²) in [5.41, 5.74) is 0. The summed E-state index contributed by atoms with van der Waals surface area (Å²) in [6.07, 6.45) is 12.1. The van der Waals surface area contributed by atoms with E-state index in [0.717, 1.165) is 13.0 Å². The van der Waals surface area contributed by atoms with Crippen LogP contribution in [0.5, 0.6) is 0 Å². The Hall–Kier alpha value is 0.460. The molecule has 2 atom stereocenters. The number of likely N-dealkylation sites (N-methyl/N-ethyl adjacent to an activating group) is 1. The van der Waals surface area contributed by atoms with Crippen LogP contribution in [-0.4, -0.2) is 65.3 Å². The van der Waals surface area contributed by atoms with Crippen molar-refractivity contribution in [1.29, 1.82) is 0 Å². The molecule has 0 aliphatic carbocycles. The van der Waals surface area contributed by atoms with Gasteiger partial charge in [0.2, 0.25) is 0 Å². The van der Waals surface area contributed by atoms with Crippen LogP contribution in [0.4, 0.5) is 0 Å². The summed E-state index contributed by atoms with van der Waals surface area (Å²) in [5.74, 6) is 0.478. The predicted octanol–water partition coefficient (Wildman–Crippen LogP) is 4.55. The Balaban J connectivity index is 3.89. The first kappa shape index (κ1) is 24.5. The second-order valence-corrected chi connectivity index (χ2v) is 8.12. The molecule has 0 heterocycles. The lowest BCUT2D eigenvalue weighted by atomic mass is 10.1. The van der Waals surface area contributed by atoms with Gasteiger partial charge in [0.25, 0.3) is 0 Å². The maximum atomic E-state index is 9.88. The number of hydrogen-bond donors (Lipinski definition) is 2. The Labute approximate surface area is 159 Å². The minimum atomic E-state index is -0.526. The SMILES string of the molecule is CCCCCCCCCCCC[N+](C)(CC(O)CCl)CC(O)CCl. The highest BCUT2D eigenvalue weighted by Gasteiger charge is 2.27. The molecule has 0 aliphatic heterocycles. The fourth-order valence-electron chi connectivity index (χ4n) is 3.35. The van der Waals surface area contributed by atoms with Crippen molar-refractivity contribution >= 4 is 23.2 Å². The van der Waals surface area contributed by atoms with E-state index in [0.29, 0.717) is 17.6 Å². The highest BCUT2D eigenvalue weighted by atomic mass is 35.5. The second-order valence-electron chi connectivity index (χ2n) is 7.51. The van der Waals surface area contributed by atoms with Crippen molar-refractivity contribution in [3.05, 3.63) is 0 Å². The lowest BCUT2D eigenvalue weighted by Crippen LogP contribution is -2.54. The van der Waals surface area contributed by atoms with E-state index in [9.17, 15) is 10.2 Å². The van der Waals surface area contributed by atoms with Crippen LogP contribution < -0.4 is 0 Å². The monoisotopic (exact) mass is 384 g/mol. The van der Waals surface area contributed by atoms with Crippen LogP contribution in [0.1, 0.15) is 71.1 Å². The lowest BCUT2D eigenvalue weighted by Gasteiger charge is -2.37. The summed E-state index contributed by atoms with van der Waals surface area (Å²) >= 11 is 11.5. The van der Waals surface area contributed by atoms with Crippen molar-refractivity contribution in [2.24, 2.45) is 0 Å². The zero-order valence-electron chi connectivity index (χ0n) is 15.9. The van der Waals surface area contributed by atoms with Crippen LogP contribution in [0.3, 0.4) is 0 Å². The lowest BCUT2D eigenvalue weighted by molar-refractivity contribution is -0.915. The summed E-state index contributed by atoms with van der Waals surface area (Å²) in [7, 11) is 2.08. The fraction of sp³-hybridized carbons (Fsp3) is 1.00. The van der Waals surface area contributed by atoms with Gasteiger partial charge >= 0.3 is 0 Å². The van der Waals surface area contributed by atoms with Gasteiger partial charge in [-0.05, 0) is 12.8 Å². The van der Waals surface area contributed by atoms with Crippen LogP contribution in [0.2, 0.25) is 0 Å². The van der Waals surface area contributed by atoms with Crippen molar-refractivity contribution in [2.45, 2.75) is 83.3 Å². The molecule has 0 radical (unpaired) electrons. The Morgan fingerprint density at radius 3 is 1.46 bits per heavy atom. The molecule has 24 heavy (non-hydrogen) atoms. The number of aliphatic hydroxyl groups is 2. The number of rotatable bonds is 17. The zero-order chi connectivity index (χ0) is 18.3. The molecule has 146 valence electrons. The van der Waals surface area contributed by atoms with E-state index in [4.69, 9.17) is 23.2 Å². The maximum absolute atomic E-state index is 9.88. The van der Waals surface area contributed by atoms with Crippen LogP contribution >= 0.6 is 23.2 Å². The summed E-state index contributed by atoms with van der Waals surface area (Å²) in [4.78, 5) is 0. The average molecular weight is 385 g/mol. The van der Waals surface area contributed by atoms with Crippen molar-refractivity contribution in [1.82, 2.24) is 0 Å². The van der Waals surface area contributed by atoms with Gasteiger partial charge in [-0.15, -0.1) is 23.2 Å². The van der Waals surface area contributed by atoms with Gasteiger partial charge in [0.15, 0.2) is 0 Å². The van der Waals surface area contributed by atoms with Crippen LogP contribution in [0, 0.1) is 0 Å². The first-order valence-electron chi connectivity index (χ1n) is 9.79. The third kappa shape index (κ3) is 13.7. The smallest absolute Gasteiger partial charge is 0.116 e. The van der Waals surface area contributed by atoms with Crippen LogP contribution in [0.25, 0.3) is 0 Å².